The SMILES string of the molecule is COc1ccc(C(F)(F)F)cc1[C@](Cc1ccccc1)(NC(=O)NC1CCCC1)c1ccc(Cl)cn1. The summed E-state index contributed by atoms with van der Waals surface area (Å²) < 4.78 is 47.0. The molecule has 190 valence electrons. The molecule has 0 spiro atoms. The van der Waals surface area contributed by atoms with Crippen molar-refractivity contribution in [2.24, 2.45) is 0 Å². The fourth-order valence-electron chi connectivity index (χ4n) is 4.73. The lowest BCUT2D eigenvalue weighted by molar-refractivity contribution is -0.137. The highest BCUT2D eigenvalue weighted by Gasteiger charge is 2.42. The Hall–Kier alpha value is -3.26. The molecule has 0 aliphatic heterocycles. The molecule has 3 aromatic rings. The van der Waals surface area contributed by atoms with Gasteiger partial charge in [0.1, 0.15) is 11.3 Å². The topological polar surface area (TPSA) is 63.2 Å². The Morgan fingerprint density at radius 3 is 2.42 bits per heavy atom. The molecule has 1 aliphatic carbocycles. The number of ether oxygens (including phenoxy) is 1. The first kappa shape index (κ1) is 25.8. The minimum Gasteiger partial charge on any atom is -0.496 e. The first-order valence-electron chi connectivity index (χ1n) is 11.7. The zero-order valence-electron chi connectivity index (χ0n) is 19.7. The molecular weight excluding hydrogens is 491 g/mol. The van der Waals surface area contributed by atoms with Crippen molar-refractivity contribution in [3.8, 4) is 5.75 Å². The molecule has 4 rings (SSSR count). The number of alkyl halides is 3. The predicted octanol–water partition coefficient (Wildman–Crippen LogP) is 6.49. The van der Waals surface area contributed by atoms with Crippen LogP contribution in [-0.4, -0.2) is 24.2 Å². The summed E-state index contributed by atoms with van der Waals surface area (Å²) >= 11 is 6.10. The molecular formula is C27H27ClF3N3O2. The number of halogens is 4. The third-order valence-corrected chi connectivity index (χ3v) is 6.70. The number of hydrogen-bond donors (Lipinski definition) is 2. The minimum atomic E-state index is -4.60. The Morgan fingerprint density at radius 1 is 1.08 bits per heavy atom. The van der Waals surface area contributed by atoms with Crippen LogP contribution in [0.2, 0.25) is 5.02 Å². The number of aromatic nitrogens is 1. The van der Waals surface area contributed by atoms with Crippen LogP contribution in [0.1, 0.15) is 48.1 Å². The second kappa shape index (κ2) is 10.8. The first-order chi connectivity index (χ1) is 17.2. The van der Waals surface area contributed by atoms with Gasteiger partial charge < -0.3 is 15.4 Å². The van der Waals surface area contributed by atoms with E-state index in [1.807, 2.05) is 30.3 Å². The number of urea groups is 1. The van der Waals surface area contributed by atoms with Gasteiger partial charge in [0.2, 0.25) is 0 Å². The van der Waals surface area contributed by atoms with E-state index in [4.69, 9.17) is 16.3 Å². The van der Waals surface area contributed by atoms with E-state index in [0.29, 0.717) is 10.7 Å². The summed E-state index contributed by atoms with van der Waals surface area (Å²) in [5.74, 6) is 0.192. The van der Waals surface area contributed by atoms with E-state index >= 15 is 0 Å². The van der Waals surface area contributed by atoms with E-state index in [1.54, 1.807) is 12.1 Å². The Balaban J connectivity index is 1.93. The quantitative estimate of drug-likeness (QED) is 0.376. The molecule has 1 saturated carbocycles. The maximum atomic E-state index is 13.8. The molecule has 2 N–H and O–H groups in total. The van der Waals surface area contributed by atoms with Crippen LogP contribution in [0.25, 0.3) is 0 Å². The fourth-order valence-corrected chi connectivity index (χ4v) is 4.84. The van der Waals surface area contributed by atoms with Crippen LogP contribution in [0, 0.1) is 0 Å². The Kier molecular flexibility index (Phi) is 7.73. The number of carbonyl (C=O) groups excluding carboxylic acids is 1. The molecule has 2 aromatic carbocycles. The highest BCUT2D eigenvalue weighted by Crippen LogP contribution is 2.41. The van der Waals surface area contributed by atoms with Crippen LogP contribution in [0.4, 0.5) is 18.0 Å². The molecule has 1 aromatic heterocycles. The number of amides is 2. The number of pyridine rings is 1. The van der Waals surface area contributed by atoms with Gasteiger partial charge in [0.25, 0.3) is 0 Å². The largest absolute Gasteiger partial charge is 0.496 e. The highest BCUT2D eigenvalue weighted by atomic mass is 35.5. The number of carbonyl (C=O) groups is 1. The second-order valence-electron chi connectivity index (χ2n) is 8.92. The molecule has 1 aliphatic rings. The molecule has 2 amide bonds. The van der Waals surface area contributed by atoms with Gasteiger partial charge in [0.15, 0.2) is 0 Å². The van der Waals surface area contributed by atoms with Crippen LogP contribution < -0.4 is 15.4 Å². The van der Waals surface area contributed by atoms with Crippen LogP contribution in [0.5, 0.6) is 5.75 Å². The van der Waals surface area contributed by atoms with Crippen molar-refractivity contribution in [3.63, 3.8) is 0 Å². The summed E-state index contributed by atoms with van der Waals surface area (Å²) in [5, 5.41) is 6.35. The van der Waals surface area contributed by atoms with Gasteiger partial charge in [0, 0.05) is 24.2 Å². The number of nitrogens with zero attached hydrogens (tertiary/aromatic N) is 1. The number of rotatable bonds is 7. The van der Waals surface area contributed by atoms with Crippen LogP contribution in [0.3, 0.4) is 0 Å². The molecule has 9 heteroatoms. The molecule has 1 fully saturated rings. The van der Waals surface area contributed by atoms with Gasteiger partial charge >= 0.3 is 12.2 Å². The lowest BCUT2D eigenvalue weighted by atomic mass is 9.79. The Bertz CT molecular complexity index is 1180. The van der Waals surface area contributed by atoms with Gasteiger partial charge in [-0.3, -0.25) is 4.98 Å². The van der Waals surface area contributed by atoms with Crippen LogP contribution in [0.15, 0.2) is 66.9 Å². The van der Waals surface area contributed by atoms with Crippen LogP contribution >= 0.6 is 11.6 Å². The van der Waals surface area contributed by atoms with Crippen molar-refractivity contribution in [1.29, 1.82) is 0 Å². The van der Waals surface area contributed by atoms with Crippen molar-refractivity contribution >= 4 is 17.6 Å². The van der Waals surface area contributed by atoms with Gasteiger partial charge in [-0.15, -0.1) is 0 Å². The maximum Gasteiger partial charge on any atom is 0.416 e. The van der Waals surface area contributed by atoms with Crippen molar-refractivity contribution in [2.75, 3.05) is 7.11 Å². The van der Waals surface area contributed by atoms with Gasteiger partial charge in [-0.05, 0) is 48.7 Å². The summed E-state index contributed by atoms with van der Waals surface area (Å²) in [6.45, 7) is 0. The van der Waals surface area contributed by atoms with Gasteiger partial charge in [-0.2, -0.15) is 13.2 Å². The van der Waals surface area contributed by atoms with E-state index in [2.05, 4.69) is 15.6 Å². The van der Waals surface area contributed by atoms with Gasteiger partial charge in [-0.1, -0.05) is 54.8 Å². The van der Waals surface area contributed by atoms with E-state index in [0.717, 1.165) is 43.4 Å². The number of hydrogen-bond acceptors (Lipinski definition) is 3. The second-order valence-corrected chi connectivity index (χ2v) is 9.36. The maximum absolute atomic E-state index is 13.8. The van der Waals surface area contributed by atoms with Crippen molar-refractivity contribution in [3.05, 3.63) is 94.3 Å². The van der Waals surface area contributed by atoms with E-state index in [9.17, 15) is 18.0 Å². The Morgan fingerprint density at radius 2 is 1.81 bits per heavy atom. The zero-order chi connectivity index (χ0) is 25.8. The number of nitrogens with one attached hydrogen (secondary N) is 2. The normalized spacial score (nSPS) is 15.8. The molecule has 1 heterocycles. The molecule has 0 unspecified atom stereocenters. The smallest absolute Gasteiger partial charge is 0.416 e. The summed E-state index contributed by atoms with van der Waals surface area (Å²) in [7, 11) is 1.38. The lowest BCUT2D eigenvalue weighted by Gasteiger charge is -2.37. The minimum absolute atomic E-state index is 0.000933. The van der Waals surface area contributed by atoms with Crippen molar-refractivity contribution in [2.45, 2.75) is 49.9 Å². The molecule has 5 nitrogen and oxygen atoms in total. The monoisotopic (exact) mass is 517 g/mol. The standard InChI is InChI=1S/C27H27ClF3N3O2/c1-36-23-13-11-19(27(29,30)31)15-22(23)26(16-18-7-3-2-4-8-18,24-14-12-20(28)17-32-24)34-25(35)33-21-9-5-6-10-21/h2-4,7-8,11-15,17,21H,5-6,9-10,16H2,1H3,(H2,33,34,35)/t26-/m0/s1. The fraction of sp³-hybridized carbons (Fsp3) is 0.333. The summed E-state index contributed by atoms with van der Waals surface area (Å²) in [5.41, 5.74) is -1.10. The van der Waals surface area contributed by atoms with E-state index < -0.39 is 23.3 Å². The number of methoxy groups -OCH3 is 1. The molecule has 1 atom stereocenters. The average Bonchev–Trinajstić information content (AvgIpc) is 3.36. The highest BCUT2D eigenvalue weighted by molar-refractivity contribution is 6.30. The van der Waals surface area contributed by atoms with Gasteiger partial charge in [-0.25, -0.2) is 4.79 Å². The van der Waals surface area contributed by atoms with E-state index in [-0.39, 0.29) is 23.8 Å². The van der Waals surface area contributed by atoms with Crippen molar-refractivity contribution < 1.29 is 22.7 Å². The molecule has 36 heavy (non-hydrogen) atoms. The summed E-state index contributed by atoms with van der Waals surface area (Å²) in [4.78, 5) is 17.8. The lowest BCUT2D eigenvalue weighted by Crippen LogP contribution is -2.54. The molecule has 0 bridgehead atoms. The third kappa shape index (κ3) is 5.75. The average molecular weight is 518 g/mol. The van der Waals surface area contributed by atoms with Crippen LogP contribution in [-0.2, 0) is 18.1 Å². The molecule has 0 radical (unpaired) electrons. The summed E-state index contributed by atoms with van der Waals surface area (Å²) in [6, 6.07) is 15.2. The zero-order valence-corrected chi connectivity index (χ0v) is 20.5. The molecule has 0 saturated heterocycles. The van der Waals surface area contributed by atoms with E-state index in [1.165, 1.54) is 19.4 Å². The number of benzene rings is 2. The van der Waals surface area contributed by atoms with Crippen molar-refractivity contribution in [1.82, 2.24) is 15.6 Å². The van der Waals surface area contributed by atoms with Gasteiger partial charge in [0.05, 0.1) is 23.4 Å². The first-order valence-corrected chi connectivity index (χ1v) is 12.1. The predicted molar refractivity (Wildman–Crippen MR) is 132 cm³/mol. The third-order valence-electron chi connectivity index (χ3n) is 6.48. The Labute approximate surface area is 213 Å². The summed E-state index contributed by atoms with van der Waals surface area (Å²) in [6.07, 6.45) is 0.668.